The Morgan fingerprint density at radius 2 is 1.85 bits per heavy atom. The molecule has 0 atom stereocenters. The van der Waals surface area contributed by atoms with Gasteiger partial charge in [0.25, 0.3) is 0 Å². The number of benzene rings is 2. The molecule has 1 aromatic heterocycles. The Morgan fingerprint density at radius 1 is 1.06 bits per heavy atom. The Hall–Kier alpha value is -4.20. The molecule has 3 rings (SSSR count). The molecule has 0 aliphatic heterocycles. The van der Waals surface area contributed by atoms with E-state index in [1.165, 1.54) is 7.11 Å². The highest BCUT2D eigenvalue weighted by atomic mass is 16.7. The molecule has 0 saturated carbocycles. The molecule has 0 saturated heterocycles. The smallest absolute Gasteiger partial charge is 0.429 e. The van der Waals surface area contributed by atoms with Gasteiger partial charge in [0.15, 0.2) is 5.78 Å². The summed E-state index contributed by atoms with van der Waals surface area (Å²) in [5, 5.41) is 3.74. The molecule has 0 bridgehead atoms. The Morgan fingerprint density at radius 3 is 2.58 bits per heavy atom. The van der Waals surface area contributed by atoms with Crippen LogP contribution in [0.5, 0.6) is 5.75 Å². The van der Waals surface area contributed by atoms with Gasteiger partial charge in [0.05, 0.1) is 0 Å². The predicted molar refractivity (Wildman–Crippen MR) is 121 cm³/mol. The summed E-state index contributed by atoms with van der Waals surface area (Å²) in [7, 11) is 1.46. The van der Waals surface area contributed by atoms with Gasteiger partial charge in [-0.3, -0.25) is 9.78 Å². The molecule has 1 heterocycles. The molecule has 0 spiro atoms. The molecular weight excluding hydrogens is 424 g/mol. The zero-order chi connectivity index (χ0) is 23.6. The van der Waals surface area contributed by atoms with Gasteiger partial charge in [-0.15, -0.1) is 0 Å². The summed E-state index contributed by atoms with van der Waals surface area (Å²) < 4.78 is 15.2. The summed E-state index contributed by atoms with van der Waals surface area (Å²) in [4.78, 5) is 31.0. The van der Waals surface area contributed by atoms with Crippen LogP contribution in [0, 0.1) is 6.92 Å². The SMILES string of the molecule is COCC(=O)Cc1cncc(-c2cc(COC(=O)Oc3ccc(C)cc3)ccc2N=[N+]=[N-])c1. The number of nitrogens with zero attached hydrogens (tertiary/aromatic N) is 4. The third kappa shape index (κ3) is 6.90. The van der Waals surface area contributed by atoms with Crippen molar-refractivity contribution in [3.63, 3.8) is 0 Å². The molecule has 2 aromatic carbocycles. The van der Waals surface area contributed by atoms with Crippen LogP contribution in [0.4, 0.5) is 10.5 Å². The van der Waals surface area contributed by atoms with Crippen molar-refractivity contribution < 1.29 is 23.8 Å². The number of methoxy groups -OCH3 is 1. The van der Waals surface area contributed by atoms with Gasteiger partial charge in [0, 0.05) is 42.1 Å². The standard InChI is InChI=1S/C24H22N4O5/c1-16-3-6-21(7-4-16)33-24(30)32-14-17-5-8-23(27-28-25)22(11-17)19-9-18(12-26-13-19)10-20(29)15-31-2/h3-9,11-13H,10,14-15H2,1-2H3. The van der Waals surface area contributed by atoms with E-state index in [-0.39, 0.29) is 25.4 Å². The van der Waals surface area contributed by atoms with Crippen LogP contribution in [0.1, 0.15) is 16.7 Å². The first kappa shape index (κ1) is 23.5. The quantitative estimate of drug-likeness (QED) is 0.141. The van der Waals surface area contributed by atoms with E-state index >= 15 is 0 Å². The first-order valence-electron chi connectivity index (χ1n) is 10.0. The molecule has 33 heavy (non-hydrogen) atoms. The number of hydrogen-bond donors (Lipinski definition) is 0. The third-order valence-corrected chi connectivity index (χ3v) is 4.60. The van der Waals surface area contributed by atoms with E-state index < -0.39 is 6.16 Å². The fourth-order valence-electron chi connectivity index (χ4n) is 3.09. The maximum atomic E-state index is 12.0. The summed E-state index contributed by atoms with van der Waals surface area (Å²) in [5.74, 6) is 0.303. The van der Waals surface area contributed by atoms with Crippen molar-refractivity contribution in [1.29, 1.82) is 0 Å². The van der Waals surface area contributed by atoms with Crippen molar-refractivity contribution in [2.75, 3.05) is 13.7 Å². The van der Waals surface area contributed by atoms with E-state index in [0.29, 0.717) is 33.7 Å². The largest absolute Gasteiger partial charge is 0.514 e. The maximum absolute atomic E-state index is 12.0. The highest BCUT2D eigenvalue weighted by Gasteiger charge is 2.11. The van der Waals surface area contributed by atoms with E-state index in [0.717, 1.165) is 5.56 Å². The van der Waals surface area contributed by atoms with Crippen molar-refractivity contribution in [2.45, 2.75) is 20.0 Å². The van der Waals surface area contributed by atoms with Gasteiger partial charge in [-0.25, -0.2) is 4.79 Å². The van der Waals surface area contributed by atoms with Crippen LogP contribution in [-0.2, 0) is 27.3 Å². The number of carbonyl (C=O) groups excluding carboxylic acids is 2. The lowest BCUT2D eigenvalue weighted by atomic mass is 10.0. The van der Waals surface area contributed by atoms with Crippen LogP contribution in [0.2, 0.25) is 0 Å². The van der Waals surface area contributed by atoms with Gasteiger partial charge in [-0.05, 0) is 53.4 Å². The Balaban J connectivity index is 1.77. The lowest BCUT2D eigenvalue weighted by molar-refractivity contribution is -0.121. The normalized spacial score (nSPS) is 10.2. The van der Waals surface area contributed by atoms with Crippen LogP contribution in [0.3, 0.4) is 0 Å². The molecule has 0 amide bonds. The van der Waals surface area contributed by atoms with Crippen LogP contribution >= 0.6 is 0 Å². The zero-order valence-corrected chi connectivity index (χ0v) is 18.2. The Kier molecular flexibility index (Phi) is 8.13. The second-order valence-corrected chi connectivity index (χ2v) is 7.23. The van der Waals surface area contributed by atoms with Crippen LogP contribution < -0.4 is 4.74 Å². The fraction of sp³-hybridized carbons (Fsp3) is 0.208. The molecule has 0 aliphatic carbocycles. The summed E-state index contributed by atoms with van der Waals surface area (Å²) in [6.45, 7) is 1.90. The molecule has 0 N–H and O–H groups in total. The molecule has 168 valence electrons. The van der Waals surface area contributed by atoms with Crippen molar-refractivity contribution in [3.8, 4) is 16.9 Å². The average molecular weight is 446 g/mol. The molecule has 0 radical (unpaired) electrons. The number of pyridine rings is 1. The number of hydrogen-bond acceptors (Lipinski definition) is 7. The van der Waals surface area contributed by atoms with Gasteiger partial charge in [0.1, 0.15) is 19.0 Å². The van der Waals surface area contributed by atoms with Crippen LogP contribution in [0.25, 0.3) is 21.6 Å². The highest BCUT2D eigenvalue weighted by Crippen LogP contribution is 2.32. The lowest BCUT2D eigenvalue weighted by Gasteiger charge is -2.11. The van der Waals surface area contributed by atoms with Crippen LogP contribution in [-0.4, -0.2) is 30.6 Å². The minimum Gasteiger partial charge on any atom is -0.429 e. The van der Waals surface area contributed by atoms with Gasteiger partial charge >= 0.3 is 6.16 Å². The molecule has 9 heteroatoms. The number of Topliss-reactive ketones (excluding diaryl/α,β-unsaturated/α-hetero) is 1. The summed E-state index contributed by atoms with van der Waals surface area (Å²) in [6, 6.07) is 13.9. The Bertz CT molecular complexity index is 1190. The monoisotopic (exact) mass is 446 g/mol. The minimum atomic E-state index is -0.833. The van der Waals surface area contributed by atoms with Crippen molar-refractivity contribution in [2.24, 2.45) is 5.11 Å². The number of ketones is 1. The lowest BCUT2D eigenvalue weighted by Crippen LogP contribution is -2.10. The van der Waals surface area contributed by atoms with Crippen LogP contribution in [0.15, 0.2) is 66.0 Å². The van der Waals surface area contributed by atoms with E-state index in [1.807, 2.05) is 19.1 Å². The summed E-state index contributed by atoms with van der Waals surface area (Å²) in [6.07, 6.45) is 2.53. The summed E-state index contributed by atoms with van der Waals surface area (Å²) >= 11 is 0. The molecule has 0 fully saturated rings. The van der Waals surface area contributed by atoms with Crippen molar-refractivity contribution in [3.05, 3.63) is 88.1 Å². The van der Waals surface area contributed by atoms with Crippen molar-refractivity contribution >= 4 is 17.6 Å². The zero-order valence-electron chi connectivity index (χ0n) is 18.2. The number of rotatable bonds is 9. The van der Waals surface area contributed by atoms with E-state index in [9.17, 15) is 9.59 Å². The van der Waals surface area contributed by atoms with Gasteiger partial charge in [0.2, 0.25) is 0 Å². The van der Waals surface area contributed by atoms with Gasteiger partial charge in [-0.2, -0.15) is 0 Å². The second-order valence-electron chi connectivity index (χ2n) is 7.23. The third-order valence-electron chi connectivity index (χ3n) is 4.60. The number of aromatic nitrogens is 1. The van der Waals surface area contributed by atoms with Gasteiger partial charge < -0.3 is 14.2 Å². The first-order valence-corrected chi connectivity index (χ1v) is 10.0. The van der Waals surface area contributed by atoms with E-state index in [1.54, 1.807) is 48.8 Å². The average Bonchev–Trinajstić information content (AvgIpc) is 2.80. The number of ether oxygens (including phenoxy) is 3. The van der Waals surface area contributed by atoms with E-state index in [4.69, 9.17) is 19.7 Å². The minimum absolute atomic E-state index is 0.0136. The number of carbonyl (C=O) groups is 2. The topological polar surface area (TPSA) is 123 Å². The predicted octanol–water partition coefficient (Wildman–Crippen LogP) is 5.47. The second kappa shape index (κ2) is 11.4. The molecule has 3 aromatic rings. The first-order chi connectivity index (χ1) is 16.0. The molecule has 0 aliphatic rings. The summed E-state index contributed by atoms with van der Waals surface area (Å²) in [5.41, 5.74) is 13.0. The van der Waals surface area contributed by atoms with Crippen molar-refractivity contribution in [1.82, 2.24) is 4.98 Å². The van der Waals surface area contributed by atoms with Gasteiger partial charge in [-0.1, -0.05) is 34.9 Å². The highest BCUT2D eigenvalue weighted by molar-refractivity contribution is 5.83. The number of aryl methyl sites for hydroxylation is 1. The molecular formula is C24H22N4O5. The Labute approximate surface area is 190 Å². The molecule has 9 nitrogen and oxygen atoms in total. The maximum Gasteiger partial charge on any atom is 0.514 e. The number of azide groups is 1. The van der Waals surface area contributed by atoms with E-state index in [2.05, 4.69) is 15.0 Å². The molecule has 0 unspecified atom stereocenters. The fourth-order valence-corrected chi connectivity index (χ4v) is 3.09.